The second kappa shape index (κ2) is 14.3. The van der Waals surface area contributed by atoms with Crippen molar-refractivity contribution in [1.82, 2.24) is 20.9 Å². The van der Waals surface area contributed by atoms with Gasteiger partial charge in [-0.3, -0.25) is 19.4 Å². The van der Waals surface area contributed by atoms with Crippen molar-refractivity contribution in [3.8, 4) is 16.9 Å². The Balaban J connectivity index is 0.844. The van der Waals surface area contributed by atoms with Gasteiger partial charge in [0.25, 0.3) is 0 Å². The van der Waals surface area contributed by atoms with Gasteiger partial charge < -0.3 is 20.7 Å². The lowest BCUT2D eigenvalue weighted by Gasteiger charge is -2.56. The summed E-state index contributed by atoms with van der Waals surface area (Å²) < 4.78 is 5.85. The van der Waals surface area contributed by atoms with Gasteiger partial charge in [0.1, 0.15) is 5.75 Å². The summed E-state index contributed by atoms with van der Waals surface area (Å²) in [6.07, 6.45) is 10.6. The maximum Gasteiger partial charge on any atom is 0.226 e. The van der Waals surface area contributed by atoms with E-state index in [9.17, 15) is 14.4 Å². The number of aromatic nitrogens is 1. The standard InChI is InChI=1S/C37H44N4O4/c42-34(13-14-35(43)41-37-21-27-17-28(22-37)19-29(18-27)23-37)38-15-4-16-45-33-11-8-30(9-12-33)31-7-10-32(39-25-31)20-36(44)40-24-26-5-2-1-3-6-26/h1-3,5-12,25,27-29H,4,13-24H2,(H,38,42)(H,40,44)(H,41,43). The van der Waals surface area contributed by atoms with Crippen LogP contribution in [0.4, 0.5) is 0 Å². The molecule has 1 aromatic heterocycles. The summed E-state index contributed by atoms with van der Waals surface area (Å²) in [4.78, 5) is 41.7. The Kier molecular flexibility index (Phi) is 9.77. The minimum atomic E-state index is -0.0903. The van der Waals surface area contributed by atoms with Crippen molar-refractivity contribution >= 4 is 17.7 Å². The average molecular weight is 609 g/mol. The van der Waals surface area contributed by atoms with Gasteiger partial charge in [-0.25, -0.2) is 0 Å². The molecule has 3 aromatic rings. The molecule has 4 fully saturated rings. The molecule has 0 spiro atoms. The monoisotopic (exact) mass is 608 g/mol. The van der Waals surface area contributed by atoms with Crippen LogP contribution in [0.15, 0.2) is 72.9 Å². The highest BCUT2D eigenvalue weighted by atomic mass is 16.5. The fourth-order valence-corrected chi connectivity index (χ4v) is 7.89. The number of benzene rings is 2. The van der Waals surface area contributed by atoms with Crippen molar-refractivity contribution < 1.29 is 19.1 Å². The predicted octanol–water partition coefficient (Wildman–Crippen LogP) is 5.36. The minimum absolute atomic E-state index is 0.00169. The van der Waals surface area contributed by atoms with Gasteiger partial charge in [-0.15, -0.1) is 0 Å². The van der Waals surface area contributed by atoms with Crippen LogP contribution in [0.5, 0.6) is 5.75 Å². The van der Waals surface area contributed by atoms with E-state index in [4.69, 9.17) is 4.74 Å². The van der Waals surface area contributed by atoms with E-state index in [-0.39, 0.29) is 42.5 Å². The molecule has 4 aliphatic rings. The fraction of sp³-hybridized carbons (Fsp3) is 0.459. The molecule has 4 saturated carbocycles. The number of amides is 3. The van der Waals surface area contributed by atoms with Crippen LogP contribution in [0.3, 0.4) is 0 Å². The molecule has 0 atom stereocenters. The summed E-state index contributed by atoms with van der Waals surface area (Å²) in [5.74, 6) is 2.98. The summed E-state index contributed by atoms with van der Waals surface area (Å²) in [5.41, 5.74) is 3.75. The molecule has 8 heteroatoms. The van der Waals surface area contributed by atoms with Crippen molar-refractivity contribution in [3.05, 3.63) is 84.2 Å². The minimum Gasteiger partial charge on any atom is -0.494 e. The average Bonchev–Trinajstić information content (AvgIpc) is 3.03. The maximum atomic E-state index is 12.7. The first-order valence-corrected chi connectivity index (χ1v) is 16.5. The van der Waals surface area contributed by atoms with Crippen molar-refractivity contribution in [1.29, 1.82) is 0 Å². The first-order chi connectivity index (χ1) is 21.9. The molecule has 2 aromatic carbocycles. The molecule has 0 radical (unpaired) electrons. The van der Waals surface area contributed by atoms with Gasteiger partial charge in [-0.05, 0) is 92.0 Å². The second-order valence-electron chi connectivity index (χ2n) is 13.3. The second-order valence-corrected chi connectivity index (χ2v) is 13.3. The zero-order valence-electron chi connectivity index (χ0n) is 25.9. The molecule has 3 amide bonds. The molecule has 7 rings (SSSR count). The van der Waals surface area contributed by atoms with E-state index < -0.39 is 0 Å². The molecule has 3 N–H and O–H groups in total. The van der Waals surface area contributed by atoms with Crippen molar-refractivity contribution in [2.75, 3.05) is 13.2 Å². The molecule has 236 valence electrons. The van der Waals surface area contributed by atoms with E-state index in [0.29, 0.717) is 26.1 Å². The summed E-state index contributed by atoms with van der Waals surface area (Å²) in [6.45, 7) is 1.49. The van der Waals surface area contributed by atoms with E-state index in [0.717, 1.165) is 65.1 Å². The third kappa shape index (κ3) is 8.50. The number of nitrogens with zero attached hydrogens (tertiary/aromatic N) is 1. The molecular weight excluding hydrogens is 564 g/mol. The summed E-state index contributed by atoms with van der Waals surface area (Å²) in [7, 11) is 0. The lowest BCUT2D eigenvalue weighted by molar-refractivity contribution is -0.130. The lowest BCUT2D eigenvalue weighted by atomic mass is 9.53. The third-order valence-electron chi connectivity index (χ3n) is 9.62. The van der Waals surface area contributed by atoms with Crippen molar-refractivity contribution in [2.24, 2.45) is 17.8 Å². The van der Waals surface area contributed by atoms with E-state index >= 15 is 0 Å². The summed E-state index contributed by atoms with van der Waals surface area (Å²) in [6, 6.07) is 21.5. The highest BCUT2D eigenvalue weighted by Gasteiger charge is 2.51. The number of hydrogen-bond acceptors (Lipinski definition) is 5. The number of ether oxygens (including phenoxy) is 1. The molecule has 8 nitrogen and oxygen atoms in total. The van der Waals surface area contributed by atoms with Crippen LogP contribution in [0.2, 0.25) is 0 Å². The molecule has 0 saturated heterocycles. The van der Waals surface area contributed by atoms with E-state index in [1.165, 1.54) is 19.3 Å². The van der Waals surface area contributed by atoms with E-state index in [1.807, 2.05) is 66.7 Å². The van der Waals surface area contributed by atoms with E-state index in [2.05, 4.69) is 20.9 Å². The van der Waals surface area contributed by atoms with Gasteiger partial charge in [-0.1, -0.05) is 48.5 Å². The quantitative estimate of drug-likeness (QED) is 0.214. The zero-order valence-corrected chi connectivity index (χ0v) is 25.9. The number of hydrogen-bond donors (Lipinski definition) is 3. The van der Waals surface area contributed by atoms with Crippen LogP contribution in [0.25, 0.3) is 11.1 Å². The molecule has 0 aliphatic heterocycles. The number of carbonyl (C=O) groups is 3. The van der Waals surface area contributed by atoms with Gasteiger partial charge in [0.15, 0.2) is 0 Å². The van der Waals surface area contributed by atoms with Gasteiger partial charge >= 0.3 is 0 Å². The molecular formula is C37H44N4O4. The SMILES string of the molecule is O=C(CCC(=O)NC12CC3CC(CC(C3)C1)C2)NCCCOc1ccc(-c2ccc(CC(=O)NCc3ccccc3)nc2)cc1. The van der Waals surface area contributed by atoms with Gasteiger partial charge in [0.05, 0.1) is 13.0 Å². The number of carbonyl (C=O) groups excluding carboxylic acids is 3. The van der Waals surface area contributed by atoms with Crippen molar-refractivity contribution in [3.63, 3.8) is 0 Å². The van der Waals surface area contributed by atoms with Gasteiger partial charge in [-0.2, -0.15) is 0 Å². The normalized spacial score (nSPS) is 22.9. The van der Waals surface area contributed by atoms with Crippen LogP contribution in [-0.4, -0.2) is 41.4 Å². The lowest BCUT2D eigenvalue weighted by Crippen LogP contribution is -2.59. The Labute approximate surface area is 265 Å². The Hall–Kier alpha value is -4.20. The topological polar surface area (TPSA) is 109 Å². The number of pyridine rings is 1. The van der Waals surface area contributed by atoms with Crippen LogP contribution in [-0.2, 0) is 27.3 Å². The largest absolute Gasteiger partial charge is 0.494 e. The Morgan fingerprint density at radius 1 is 0.756 bits per heavy atom. The zero-order chi connectivity index (χ0) is 31.1. The molecule has 1 heterocycles. The maximum absolute atomic E-state index is 12.7. The Morgan fingerprint density at radius 2 is 1.42 bits per heavy atom. The Morgan fingerprint density at radius 3 is 2.09 bits per heavy atom. The third-order valence-corrected chi connectivity index (χ3v) is 9.62. The van der Waals surface area contributed by atoms with Crippen LogP contribution in [0.1, 0.15) is 69.0 Å². The smallest absolute Gasteiger partial charge is 0.226 e. The van der Waals surface area contributed by atoms with Crippen LogP contribution < -0.4 is 20.7 Å². The summed E-state index contributed by atoms with van der Waals surface area (Å²) >= 11 is 0. The molecule has 45 heavy (non-hydrogen) atoms. The van der Waals surface area contributed by atoms with Gasteiger partial charge in [0, 0.05) is 48.9 Å². The van der Waals surface area contributed by atoms with Crippen LogP contribution >= 0.6 is 0 Å². The predicted molar refractivity (Wildman–Crippen MR) is 173 cm³/mol. The molecule has 0 unspecified atom stereocenters. The van der Waals surface area contributed by atoms with Crippen LogP contribution in [0, 0.1) is 17.8 Å². The van der Waals surface area contributed by atoms with E-state index in [1.54, 1.807) is 6.20 Å². The van der Waals surface area contributed by atoms with Crippen molar-refractivity contribution in [2.45, 2.75) is 76.3 Å². The molecule has 4 aliphatic carbocycles. The fourth-order valence-electron chi connectivity index (χ4n) is 7.89. The summed E-state index contributed by atoms with van der Waals surface area (Å²) in [5, 5.41) is 9.20. The first-order valence-electron chi connectivity index (χ1n) is 16.5. The first kappa shape index (κ1) is 30.8. The number of nitrogens with one attached hydrogen (secondary N) is 3. The van der Waals surface area contributed by atoms with Gasteiger partial charge in [0.2, 0.25) is 17.7 Å². The number of rotatable bonds is 14. The highest BCUT2D eigenvalue weighted by molar-refractivity contribution is 5.84. The molecule has 4 bridgehead atoms. The Bertz CT molecular complexity index is 1420. The highest BCUT2D eigenvalue weighted by Crippen LogP contribution is 2.55.